The standard InChI is InChI=1S/C21H23FN2O3/c1-24(2)11-6-12-26-21-14-17-15(13-20(21)25-3)18(9-10-23-17)27-19-8-5-4-7-16(19)22/h4-5,7-10,13-14H,6,11-12H2,1-3H3. The molecule has 2 aromatic carbocycles. The summed E-state index contributed by atoms with van der Waals surface area (Å²) in [6.07, 6.45) is 2.53. The van der Waals surface area contributed by atoms with Crippen molar-refractivity contribution in [2.75, 3.05) is 34.4 Å². The fraction of sp³-hybridized carbons (Fsp3) is 0.286. The Kier molecular flexibility index (Phi) is 6.08. The van der Waals surface area contributed by atoms with Crippen LogP contribution in [-0.4, -0.2) is 44.2 Å². The molecule has 0 bridgehead atoms. The Morgan fingerprint density at radius 3 is 2.56 bits per heavy atom. The number of halogens is 1. The van der Waals surface area contributed by atoms with E-state index in [4.69, 9.17) is 14.2 Å². The lowest BCUT2D eigenvalue weighted by atomic mass is 10.1. The monoisotopic (exact) mass is 370 g/mol. The van der Waals surface area contributed by atoms with Crippen LogP contribution >= 0.6 is 0 Å². The third-order valence-corrected chi connectivity index (χ3v) is 4.05. The van der Waals surface area contributed by atoms with Gasteiger partial charge in [-0.15, -0.1) is 0 Å². The van der Waals surface area contributed by atoms with Gasteiger partial charge < -0.3 is 19.1 Å². The molecule has 3 rings (SSSR count). The Labute approximate surface area is 158 Å². The Morgan fingerprint density at radius 2 is 1.81 bits per heavy atom. The number of rotatable bonds is 8. The second-order valence-corrected chi connectivity index (χ2v) is 6.37. The highest BCUT2D eigenvalue weighted by Gasteiger charge is 2.13. The van der Waals surface area contributed by atoms with E-state index in [1.54, 1.807) is 43.6 Å². The maximum absolute atomic E-state index is 13.9. The lowest BCUT2D eigenvalue weighted by Gasteiger charge is -2.15. The second-order valence-electron chi connectivity index (χ2n) is 6.37. The van der Waals surface area contributed by atoms with Crippen LogP contribution in [0.25, 0.3) is 10.9 Å². The van der Waals surface area contributed by atoms with E-state index in [0.717, 1.165) is 18.4 Å². The summed E-state index contributed by atoms with van der Waals surface area (Å²) in [6, 6.07) is 11.6. The molecule has 0 radical (unpaired) electrons. The van der Waals surface area contributed by atoms with Gasteiger partial charge in [0.25, 0.3) is 0 Å². The number of methoxy groups -OCH3 is 1. The van der Waals surface area contributed by atoms with Gasteiger partial charge >= 0.3 is 0 Å². The molecule has 0 fully saturated rings. The molecule has 5 nitrogen and oxygen atoms in total. The van der Waals surface area contributed by atoms with Crippen LogP contribution in [0.1, 0.15) is 6.42 Å². The largest absolute Gasteiger partial charge is 0.493 e. The maximum Gasteiger partial charge on any atom is 0.165 e. The molecule has 6 heteroatoms. The van der Waals surface area contributed by atoms with Crippen LogP contribution in [0.2, 0.25) is 0 Å². The summed E-state index contributed by atoms with van der Waals surface area (Å²) in [6.45, 7) is 1.51. The molecule has 3 aromatic rings. The lowest BCUT2D eigenvalue weighted by Crippen LogP contribution is -2.15. The summed E-state index contributed by atoms with van der Waals surface area (Å²) in [4.78, 5) is 6.49. The molecule has 0 N–H and O–H groups in total. The van der Waals surface area contributed by atoms with E-state index < -0.39 is 5.82 Å². The van der Waals surface area contributed by atoms with E-state index in [-0.39, 0.29) is 5.75 Å². The molecule has 27 heavy (non-hydrogen) atoms. The van der Waals surface area contributed by atoms with E-state index >= 15 is 0 Å². The van der Waals surface area contributed by atoms with E-state index in [1.165, 1.54) is 6.07 Å². The van der Waals surface area contributed by atoms with Crippen molar-refractivity contribution in [1.82, 2.24) is 9.88 Å². The van der Waals surface area contributed by atoms with Crippen molar-refractivity contribution in [1.29, 1.82) is 0 Å². The summed E-state index contributed by atoms with van der Waals surface area (Å²) < 4.78 is 31.0. The van der Waals surface area contributed by atoms with Gasteiger partial charge in [0.1, 0.15) is 5.75 Å². The highest BCUT2D eigenvalue weighted by atomic mass is 19.1. The molecular weight excluding hydrogens is 347 g/mol. The average Bonchev–Trinajstić information content (AvgIpc) is 2.66. The minimum atomic E-state index is -0.421. The molecule has 1 heterocycles. The highest BCUT2D eigenvalue weighted by molar-refractivity contribution is 5.88. The number of ether oxygens (including phenoxy) is 3. The van der Waals surface area contributed by atoms with Crippen molar-refractivity contribution in [2.24, 2.45) is 0 Å². The molecule has 0 unspecified atom stereocenters. The van der Waals surface area contributed by atoms with Crippen molar-refractivity contribution >= 4 is 10.9 Å². The molecule has 142 valence electrons. The minimum absolute atomic E-state index is 0.160. The van der Waals surface area contributed by atoms with Crippen molar-refractivity contribution < 1.29 is 18.6 Å². The third-order valence-electron chi connectivity index (χ3n) is 4.05. The number of aromatic nitrogens is 1. The summed E-state index contributed by atoms with van der Waals surface area (Å²) in [7, 11) is 5.64. The number of para-hydroxylation sites is 1. The molecule has 0 saturated carbocycles. The van der Waals surface area contributed by atoms with Crippen LogP contribution in [0.3, 0.4) is 0 Å². The number of nitrogens with zero attached hydrogens (tertiary/aromatic N) is 2. The highest BCUT2D eigenvalue weighted by Crippen LogP contribution is 2.37. The normalized spacial score (nSPS) is 11.0. The third kappa shape index (κ3) is 4.65. The smallest absolute Gasteiger partial charge is 0.165 e. The van der Waals surface area contributed by atoms with E-state index in [0.29, 0.717) is 29.4 Å². The van der Waals surface area contributed by atoms with E-state index in [1.807, 2.05) is 20.2 Å². The van der Waals surface area contributed by atoms with Gasteiger partial charge in [0.05, 0.1) is 19.2 Å². The predicted octanol–water partition coefficient (Wildman–Crippen LogP) is 4.51. The zero-order valence-electron chi connectivity index (χ0n) is 15.7. The topological polar surface area (TPSA) is 43.8 Å². The predicted molar refractivity (Wildman–Crippen MR) is 103 cm³/mol. The molecule has 0 spiro atoms. The number of pyridine rings is 1. The number of fused-ring (bicyclic) bond motifs is 1. The zero-order chi connectivity index (χ0) is 19.2. The van der Waals surface area contributed by atoms with Crippen LogP contribution in [0.15, 0.2) is 48.7 Å². The van der Waals surface area contributed by atoms with Gasteiger partial charge in [-0.2, -0.15) is 0 Å². The fourth-order valence-electron chi connectivity index (χ4n) is 2.70. The molecule has 0 aliphatic rings. The Bertz CT molecular complexity index is 915. The summed E-state index contributed by atoms with van der Waals surface area (Å²) in [5.74, 6) is 1.45. The molecule has 0 amide bonds. The van der Waals surface area contributed by atoms with Gasteiger partial charge in [0.15, 0.2) is 23.1 Å². The van der Waals surface area contributed by atoms with Gasteiger partial charge in [0, 0.05) is 24.2 Å². The lowest BCUT2D eigenvalue weighted by molar-refractivity contribution is 0.268. The number of benzene rings is 2. The molecular formula is C21H23FN2O3. The van der Waals surface area contributed by atoms with Gasteiger partial charge in [-0.3, -0.25) is 4.98 Å². The molecule has 0 atom stereocenters. The number of hydrogen-bond acceptors (Lipinski definition) is 5. The zero-order valence-corrected chi connectivity index (χ0v) is 15.7. The van der Waals surface area contributed by atoms with Crippen LogP contribution in [0.4, 0.5) is 4.39 Å². The van der Waals surface area contributed by atoms with Crippen LogP contribution in [-0.2, 0) is 0 Å². The summed E-state index contributed by atoms with van der Waals surface area (Å²) in [5.41, 5.74) is 0.687. The van der Waals surface area contributed by atoms with Gasteiger partial charge in [-0.05, 0) is 44.8 Å². The molecule has 0 saturated heterocycles. The van der Waals surface area contributed by atoms with Crippen molar-refractivity contribution in [3.8, 4) is 23.0 Å². The van der Waals surface area contributed by atoms with Crippen molar-refractivity contribution in [3.63, 3.8) is 0 Å². The van der Waals surface area contributed by atoms with Gasteiger partial charge in [-0.25, -0.2) is 4.39 Å². The SMILES string of the molecule is COc1cc2c(Oc3ccccc3F)ccnc2cc1OCCCN(C)C. The molecule has 0 aliphatic carbocycles. The quantitative estimate of drug-likeness (QED) is 0.546. The van der Waals surface area contributed by atoms with Crippen LogP contribution in [0.5, 0.6) is 23.0 Å². The Hall–Kier alpha value is -2.86. The second kappa shape index (κ2) is 8.68. The first-order valence-corrected chi connectivity index (χ1v) is 8.75. The van der Waals surface area contributed by atoms with E-state index in [9.17, 15) is 4.39 Å². The Balaban J connectivity index is 1.88. The summed E-state index contributed by atoms with van der Waals surface area (Å²) in [5, 5.41) is 0.721. The van der Waals surface area contributed by atoms with Gasteiger partial charge in [0.2, 0.25) is 0 Å². The first-order valence-electron chi connectivity index (χ1n) is 8.75. The summed E-state index contributed by atoms with van der Waals surface area (Å²) >= 11 is 0. The fourth-order valence-corrected chi connectivity index (χ4v) is 2.70. The number of hydrogen-bond donors (Lipinski definition) is 0. The molecule has 1 aromatic heterocycles. The van der Waals surface area contributed by atoms with Crippen LogP contribution in [0, 0.1) is 5.82 Å². The van der Waals surface area contributed by atoms with Crippen LogP contribution < -0.4 is 14.2 Å². The molecule has 0 aliphatic heterocycles. The average molecular weight is 370 g/mol. The minimum Gasteiger partial charge on any atom is -0.493 e. The van der Waals surface area contributed by atoms with Crippen molar-refractivity contribution in [2.45, 2.75) is 6.42 Å². The Morgan fingerprint density at radius 1 is 1.00 bits per heavy atom. The van der Waals surface area contributed by atoms with Gasteiger partial charge in [-0.1, -0.05) is 12.1 Å². The van der Waals surface area contributed by atoms with E-state index in [2.05, 4.69) is 9.88 Å². The first kappa shape index (κ1) is 18.9. The first-order chi connectivity index (χ1) is 13.1. The maximum atomic E-state index is 13.9. The van der Waals surface area contributed by atoms with Crippen molar-refractivity contribution in [3.05, 3.63) is 54.5 Å².